The summed E-state index contributed by atoms with van der Waals surface area (Å²) in [5, 5.41) is 0. The quantitative estimate of drug-likeness (QED) is 0.588. The first kappa shape index (κ1) is 11.9. The summed E-state index contributed by atoms with van der Waals surface area (Å²) >= 11 is 0. The summed E-state index contributed by atoms with van der Waals surface area (Å²) in [6, 6.07) is 0. The molecule has 0 aromatic rings. The zero-order valence-corrected chi connectivity index (χ0v) is 8.50. The first-order valence-corrected chi connectivity index (χ1v) is 4.43. The van der Waals surface area contributed by atoms with E-state index in [2.05, 4.69) is 6.92 Å². The van der Waals surface area contributed by atoms with Crippen LogP contribution in [0.25, 0.3) is 0 Å². The minimum Gasteiger partial charge on any atom is -0.382 e. The van der Waals surface area contributed by atoms with Crippen molar-refractivity contribution in [3.05, 3.63) is 0 Å². The van der Waals surface area contributed by atoms with Crippen molar-refractivity contribution in [1.82, 2.24) is 0 Å². The monoisotopic (exact) mass is 176 g/mol. The van der Waals surface area contributed by atoms with Crippen molar-refractivity contribution < 1.29 is 14.2 Å². The van der Waals surface area contributed by atoms with Crippen LogP contribution in [0.1, 0.15) is 20.3 Å². The topological polar surface area (TPSA) is 27.7 Å². The Hall–Kier alpha value is -0.120. The van der Waals surface area contributed by atoms with E-state index in [0.29, 0.717) is 13.2 Å². The lowest BCUT2D eigenvalue weighted by Crippen LogP contribution is -2.34. The van der Waals surface area contributed by atoms with Gasteiger partial charge >= 0.3 is 0 Å². The van der Waals surface area contributed by atoms with E-state index in [1.165, 1.54) is 0 Å². The van der Waals surface area contributed by atoms with Crippen molar-refractivity contribution in [3.8, 4) is 0 Å². The minimum atomic E-state index is 0.0648. The first-order chi connectivity index (χ1) is 5.79. The third-order valence-corrected chi connectivity index (χ3v) is 1.83. The summed E-state index contributed by atoms with van der Waals surface area (Å²) < 4.78 is 15.8. The number of ether oxygens (including phenoxy) is 3. The Labute approximate surface area is 75.0 Å². The Morgan fingerprint density at radius 2 is 1.75 bits per heavy atom. The van der Waals surface area contributed by atoms with Gasteiger partial charge in [-0.1, -0.05) is 6.92 Å². The van der Waals surface area contributed by atoms with Gasteiger partial charge in [0.1, 0.15) is 6.10 Å². The third kappa shape index (κ3) is 4.04. The van der Waals surface area contributed by atoms with E-state index in [9.17, 15) is 0 Å². The Morgan fingerprint density at radius 1 is 1.08 bits per heavy atom. The lowest BCUT2D eigenvalue weighted by molar-refractivity contribution is -0.0831. The number of rotatable bonds is 7. The van der Waals surface area contributed by atoms with Crippen molar-refractivity contribution in [2.24, 2.45) is 0 Å². The highest BCUT2D eigenvalue weighted by molar-refractivity contribution is 4.68. The first-order valence-electron chi connectivity index (χ1n) is 4.43. The van der Waals surface area contributed by atoms with Crippen LogP contribution >= 0.6 is 0 Å². The Balaban J connectivity index is 3.86. The van der Waals surface area contributed by atoms with Crippen molar-refractivity contribution in [2.75, 3.05) is 27.4 Å². The van der Waals surface area contributed by atoms with Crippen molar-refractivity contribution >= 4 is 0 Å². The second-order valence-electron chi connectivity index (χ2n) is 2.63. The van der Waals surface area contributed by atoms with Crippen LogP contribution in [0.3, 0.4) is 0 Å². The SMILES string of the molecule is CCOC(COC)C(CC)OC. The van der Waals surface area contributed by atoms with Gasteiger partial charge in [0.25, 0.3) is 0 Å². The lowest BCUT2D eigenvalue weighted by atomic mass is 10.1. The van der Waals surface area contributed by atoms with Gasteiger partial charge in [-0.15, -0.1) is 0 Å². The third-order valence-electron chi connectivity index (χ3n) is 1.83. The van der Waals surface area contributed by atoms with Gasteiger partial charge in [0.15, 0.2) is 0 Å². The summed E-state index contributed by atoms with van der Waals surface area (Å²) in [5.41, 5.74) is 0. The Morgan fingerprint density at radius 3 is 2.08 bits per heavy atom. The lowest BCUT2D eigenvalue weighted by Gasteiger charge is -2.23. The number of methoxy groups -OCH3 is 2. The molecule has 3 nitrogen and oxygen atoms in total. The molecule has 0 radical (unpaired) electrons. The zero-order valence-electron chi connectivity index (χ0n) is 8.50. The van der Waals surface area contributed by atoms with Gasteiger partial charge in [-0.3, -0.25) is 0 Å². The number of hydrogen-bond acceptors (Lipinski definition) is 3. The predicted molar refractivity (Wildman–Crippen MR) is 48.4 cm³/mol. The molecule has 0 spiro atoms. The molecule has 0 aliphatic carbocycles. The molecule has 0 aromatic carbocycles. The average molecular weight is 176 g/mol. The molecule has 0 N–H and O–H groups in total. The fourth-order valence-corrected chi connectivity index (χ4v) is 1.22. The van der Waals surface area contributed by atoms with Gasteiger partial charge in [-0.2, -0.15) is 0 Å². The molecule has 0 aromatic heterocycles. The van der Waals surface area contributed by atoms with Crippen LogP contribution in [0.15, 0.2) is 0 Å². The summed E-state index contributed by atoms with van der Waals surface area (Å²) in [7, 11) is 3.38. The van der Waals surface area contributed by atoms with Gasteiger partial charge in [0.05, 0.1) is 12.7 Å². The molecule has 0 bridgehead atoms. The van der Waals surface area contributed by atoms with Crippen molar-refractivity contribution in [3.63, 3.8) is 0 Å². The molecular formula is C9H20O3. The van der Waals surface area contributed by atoms with Crippen LogP contribution in [-0.4, -0.2) is 39.6 Å². The van der Waals surface area contributed by atoms with Gasteiger partial charge in [0.2, 0.25) is 0 Å². The van der Waals surface area contributed by atoms with Crippen LogP contribution in [0.2, 0.25) is 0 Å². The van der Waals surface area contributed by atoms with E-state index in [1.807, 2.05) is 6.92 Å². The van der Waals surface area contributed by atoms with E-state index in [1.54, 1.807) is 14.2 Å². The summed E-state index contributed by atoms with van der Waals surface area (Å²) in [6.07, 6.45) is 1.16. The molecule has 0 saturated carbocycles. The fourth-order valence-electron chi connectivity index (χ4n) is 1.22. The van der Waals surface area contributed by atoms with Crippen LogP contribution in [0.5, 0.6) is 0 Å². The van der Waals surface area contributed by atoms with Gasteiger partial charge < -0.3 is 14.2 Å². The predicted octanol–water partition coefficient (Wildman–Crippen LogP) is 1.46. The van der Waals surface area contributed by atoms with Crippen LogP contribution < -0.4 is 0 Å². The molecule has 0 fully saturated rings. The molecule has 2 unspecified atom stereocenters. The molecule has 0 heterocycles. The molecule has 12 heavy (non-hydrogen) atoms. The minimum absolute atomic E-state index is 0.0648. The second kappa shape index (κ2) is 7.53. The highest BCUT2D eigenvalue weighted by Crippen LogP contribution is 2.07. The molecule has 3 heteroatoms. The highest BCUT2D eigenvalue weighted by atomic mass is 16.6. The molecule has 0 saturated heterocycles. The maximum Gasteiger partial charge on any atom is 0.107 e. The van der Waals surface area contributed by atoms with Crippen molar-refractivity contribution in [1.29, 1.82) is 0 Å². The maximum atomic E-state index is 5.48. The fraction of sp³-hybridized carbons (Fsp3) is 1.00. The average Bonchev–Trinajstić information content (AvgIpc) is 2.07. The van der Waals surface area contributed by atoms with Crippen LogP contribution in [-0.2, 0) is 14.2 Å². The van der Waals surface area contributed by atoms with E-state index < -0.39 is 0 Å². The largest absolute Gasteiger partial charge is 0.382 e. The Kier molecular flexibility index (Phi) is 7.45. The van der Waals surface area contributed by atoms with E-state index in [0.717, 1.165) is 6.42 Å². The van der Waals surface area contributed by atoms with Gasteiger partial charge in [0, 0.05) is 20.8 Å². The molecular weight excluding hydrogens is 156 g/mol. The van der Waals surface area contributed by atoms with Gasteiger partial charge in [-0.05, 0) is 13.3 Å². The van der Waals surface area contributed by atoms with E-state index >= 15 is 0 Å². The maximum absolute atomic E-state index is 5.48. The summed E-state index contributed by atoms with van der Waals surface area (Å²) in [5.74, 6) is 0. The van der Waals surface area contributed by atoms with E-state index in [-0.39, 0.29) is 12.2 Å². The molecule has 0 aliphatic rings. The molecule has 0 amide bonds. The van der Waals surface area contributed by atoms with Crippen molar-refractivity contribution in [2.45, 2.75) is 32.5 Å². The summed E-state index contributed by atoms with van der Waals surface area (Å²) in [6.45, 7) is 5.36. The highest BCUT2D eigenvalue weighted by Gasteiger charge is 2.19. The zero-order chi connectivity index (χ0) is 9.40. The van der Waals surface area contributed by atoms with Crippen LogP contribution in [0.4, 0.5) is 0 Å². The smallest absolute Gasteiger partial charge is 0.107 e. The van der Waals surface area contributed by atoms with Crippen LogP contribution in [0, 0.1) is 0 Å². The van der Waals surface area contributed by atoms with Gasteiger partial charge in [-0.25, -0.2) is 0 Å². The molecule has 74 valence electrons. The summed E-state index contributed by atoms with van der Waals surface area (Å²) in [4.78, 5) is 0. The molecule has 2 atom stereocenters. The molecule has 0 rings (SSSR count). The standard InChI is InChI=1S/C9H20O3/c1-5-8(11-4)9(7-10-3)12-6-2/h8-9H,5-7H2,1-4H3. The normalized spacial score (nSPS) is 16.0. The Bertz CT molecular complexity index is 85.8. The van der Waals surface area contributed by atoms with E-state index in [4.69, 9.17) is 14.2 Å². The number of hydrogen-bond donors (Lipinski definition) is 0. The molecule has 0 aliphatic heterocycles. The second-order valence-corrected chi connectivity index (χ2v) is 2.63.